The molecule has 0 atom stereocenters. The number of hydrogen-bond donors (Lipinski definition) is 2. The zero-order valence-electron chi connectivity index (χ0n) is 14.4. The standard InChI is InChI=1S/C19H16FN3O4/c1-27-14-8-6-13(7-9-14)22-17(24)15-10-21-19(26)23(18(15)25)11-12-4-2-3-5-16(12)20/h2-10H,11H2,1H3,(H,21,26)(H,22,24). The Hall–Kier alpha value is -3.68. The van der Waals surface area contributed by atoms with Gasteiger partial charge in [-0.25, -0.2) is 9.18 Å². The maximum atomic E-state index is 13.8. The van der Waals surface area contributed by atoms with Crippen molar-refractivity contribution < 1.29 is 13.9 Å². The van der Waals surface area contributed by atoms with Gasteiger partial charge in [-0.1, -0.05) is 18.2 Å². The average Bonchev–Trinajstić information content (AvgIpc) is 2.67. The monoisotopic (exact) mass is 369 g/mol. The minimum absolute atomic E-state index is 0.165. The first kappa shape index (κ1) is 18.1. The second-order valence-electron chi connectivity index (χ2n) is 5.67. The molecule has 0 saturated carbocycles. The van der Waals surface area contributed by atoms with Gasteiger partial charge in [0.2, 0.25) is 0 Å². The summed E-state index contributed by atoms with van der Waals surface area (Å²) >= 11 is 0. The maximum Gasteiger partial charge on any atom is 0.328 e. The first-order valence-electron chi connectivity index (χ1n) is 8.01. The molecule has 0 aliphatic heterocycles. The predicted molar refractivity (Wildman–Crippen MR) is 97.8 cm³/mol. The fourth-order valence-corrected chi connectivity index (χ4v) is 2.49. The smallest absolute Gasteiger partial charge is 0.328 e. The number of hydrogen-bond acceptors (Lipinski definition) is 4. The van der Waals surface area contributed by atoms with Gasteiger partial charge in [0, 0.05) is 17.4 Å². The number of methoxy groups -OCH3 is 1. The fourth-order valence-electron chi connectivity index (χ4n) is 2.49. The van der Waals surface area contributed by atoms with Crippen molar-refractivity contribution in [2.45, 2.75) is 6.54 Å². The predicted octanol–water partition coefficient (Wildman–Crippen LogP) is 1.98. The van der Waals surface area contributed by atoms with Crippen molar-refractivity contribution in [2.24, 2.45) is 0 Å². The van der Waals surface area contributed by atoms with E-state index >= 15 is 0 Å². The van der Waals surface area contributed by atoms with Crippen LogP contribution in [-0.2, 0) is 6.54 Å². The molecule has 0 spiro atoms. The van der Waals surface area contributed by atoms with E-state index in [4.69, 9.17) is 4.74 Å². The molecule has 0 aliphatic carbocycles. The second-order valence-corrected chi connectivity index (χ2v) is 5.67. The van der Waals surface area contributed by atoms with Crippen LogP contribution in [0.2, 0.25) is 0 Å². The SMILES string of the molecule is COc1ccc(NC(=O)c2c[nH]c(=O)n(Cc3ccccc3F)c2=O)cc1. The normalized spacial score (nSPS) is 10.4. The molecule has 0 fully saturated rings. The number of amides is 1. The van der Waals surface area contributed by atoms with Crippen LogP contribution in [0.5, 0.6) is 5.75 Å². The number of ether oxygens (including phenoxy) is 1. The molecule has 0 aliphatic rings. The van der Waals surface area contributed by atoms with Gasteiger partial charge in [-0.2, -0.15) is 0 Å². The number of benzene rings is 2. The van der Waals surface area contributed by atoms with Crippen molar-refractivity contribution in [1.29, 1.82) is 0 Å². The van der Waals surface area contributed by atoms with Crippen LogP contribution in [0.1, 0.15) is 15.9 Å². The van der Waals surface area contributed by atoms with Crippen LogP contribution in [0.25, 0.3) is 0 Å². The number of carbonyl (C=O) groups excluding carboxylic acids is 1. The summed E-state index contributed by atoms with van der Waals surface area (Å²) in [4.78, 5) is 39.3. The summed E-state index contributed by atoms with van der Waals surface area (Å²) < 4.78 is 19.6. The fraction of sp³-hybridized carbons (Fsp3) is 0.105. The Balaban J connectivity index is 1.90. The van der Waals surface area contributed by atoms with Crippen LogP contribution in [0.15, 0.2) is 64.3 Å². The van der Waals surface area contributed by atoms with Crippen molar-refractivity contribution in [3.63, 3.8) is 0 Å². The molecule has 7 nitrogen and oxygen atoms in total. The van der Waals surface area contributed by atoms with Gasteiger partial charge in [0.05, 0.1) is 13.7 Å². The third-order valence-electron chi connectivity index (χ3n) is 3.94. The molecule has 138 valence electrons. The highest BCUT2D eigenvalue weighted by Crippen LogP contribution is 2.15. The molecule has 3 rings (SSSR count). The first-order chi connectivity index (χ1) is 13.0. The molecule has 2 N–H and O–H groups in total. The summed E-state index contributed by atoms with van der Waals surface area (Å²) in [5.74, 6) is -0.620. The van der Waals surface area contributed by atoms with Gasteiger partial charge in [0.1, 0.15) is 17.1 Å². The van der Waals surface area contributed by atoms with Crippen molar-refractivity contribution in [1.82, 2.24) is 9.55 Å². The minimum Gasteiger partial charge on any atom is -0.497 e. The van der Waals surface area contributed by atoms with E-state index in [1.165, 1.54) is 25.3 Å². The van der Waals surface area contributed by atoms with E-state index in [1.807, 2.05) is 0 Å². The Labute approximate surface area is 153 Å². The highest BCUT2D eigenvalue weighted by atomic mass is 19.1. The molecular weight excluding hydrogens is 353 g/mol. The Morgan fingerprint density at radius 3 is 2.52 bits per heavy atom. The van der Waals surface area contributed by atoms with E-state index in [1.54, 1.807) is 30.3 Å². The van der Waals surface area contributed by atoms with Gasteiger partial charge in [-0.15, -0.1) is 0 Å². The van der Waals surface area contributed by atoms with Crippen molar-refractivity contribution in [3.05, 3.63) is 92.5 Å². The lowest BCUT2D eigenvalue weighted by Crippen LogP contribution is -2.39. The van der Waals surface area contributed by atoms with Crippen molar-refractivity contribution in [3.8, 4) is 5.75 Å². The minimum atomic E-state index is -0.812. The number of aromatic nitrogens is 2. The van der Waals surface area contributed by atoms with E-state index < -0.39 is 23.0 Å². The third-order valence-corrected chi connectivity index (χ3v) is 3.94. The van der Waals surface area contributed by atoms with E-state index in [2.05, 4.69) is 10.3 Å². The van der Waals surface area contributed by atoms with Crippen LogP contribution in [0.4, 0.5) is 10.1 Å². The number of H-pyrrole nitrogens is 1. The van der Waals surface area contributed by atoms with Gasteiger partial charge in [-0.05, 0) is 30.3 Å². The summed E-state index contributed by atoms with van der Waals surface area (Å²) in [5, 5.41) is 2.57. The van der Waals surface area contributed by atoms with Gasteiger partial charge in [0.15, 0.2) is 0 Å². The van der Waals surface area contributed by atoms with E-state index in [0.29, 0.717) is 11.4 Å². The van der Waals surface area contributed by atoms with Crippen LogP contribution >= 0.6 is 0 Å². The van der Waals surface area contributed by atoms with Gasteiger partial charge < -0.3 is 15.0 Å². The van der Waals surface area contributed by atoms with Crippen LogP contribution in [0.3, 0.4) is 0 Å². The topological polar surface area (TPSA) is 93.2 Å². The summed E-state index contributed by atoms with van der Waals surface area (Å²) in [7, 11) is 1.52. The number of rotatable bonds is 5. The number of aromatic amines is 1. The second kappa shape index (κ2) is 7.69. The molecule has 0 unspecified atom stereocenters. The Kier molecular flexibility index (Phi) is 5.16. The molecule has 0 saturated heterocycles. The number of anilines is 1. The summed E-state index contributed by atoms with van der Waals surface area (Å²) in [6, 6.07) is 12.3. The van der Waals surface area contributed by atoms with Gasteiger partial charge in [-0.3, -0.25) is 14.2 Å². The molecule has 1 heterocycles. The molecule has 3 aromatic rings. The Morgan fingerprint density at radius 1 is 1.15 bits per heavy atom. The lowest BCUT2D eigenvalue weighted by Gasteiger charge is -2.09. The van der Waals surface area contributed by atoms with E-state index in [-0.39, 0.29) is 17.7 Å². The zero-order chi connectivity index (χ0) is 19.4. The summed E-state index contributed by atoms with van der Waals surface area (Å²) in [6.07, 6.45) is 1.04. The van der Waals surface area contributed by atoms with Crippen molar-refractivity contribution in [2.75, 3.05) is 12.4 Å². The zero-order valence-corrected chi connectivity index (χ0v) is 14.4. The molecular formula is C19H16FN3O4. The first-order valence-corrected chi connectivity index (χ1v) is 8.01. The Bertz CT molecular complexity index is 1090. The van der Waals surface area contributed by atoms with Crippen LogP contribution in [0, 0.1) is 5.82 Å². The lowest BCUT2D eigenvalue weighted by molar-refractivity contribution is 0.102. The summed E-state index contributed by atoms with van der Waals surface area (Å²) in [5.41, 5.74) is -1.19. The molecule has 27 heavy (non-hydrogen) atoms. The molecule has 0 radical (unpaired) electrons. The molecule has 8 heteroatoms. The highest BCUT2D eigenvalue weighted by Gasteiger charge is 2.16. The maximum absolute atomic E-state index is 13.8. The molecule has 1 amide bonds. The van der Waals surface area contributed by atoms with Gasteiger partial charge >= 0.3 is 5.69 Å². The largest absolute Gasteiger partial charge is 0.497 e. The quantitative estimate of drug-likeness (QED) is 0.719. The van der Waals surface area contributed by atoms with E-state index in [9.17, 15) is 18.8 Å². The molecule has 0 bridgehead atoms. The van der Waals surface area contributed by atoms with Gasteiger partial charge in [0.25, 0.3) is 11.5 Å². The third kappa shape index (κ3) is 3.95. The number of halogens is 1. The molecule has 2 aromatic carbocycles. The number of nitrogens with one attached hydrogen (secondary N) is 2. The Morgan fingerprint density at radius 2 is 1.85 bits per heavy atom. The van der Waals surface area contributed by atoms with Crippen LogP contribution < -0.4 is 21.3 Å². The van der Waals surface area contributed by atoms with Crippen LogP contribution in [-0.4, -0.2) is 22.6 Å². The summed E-state index contributed by atoms with van der Waals surface area (Å²) in [6.45, 7) is -0.287. The average molecular weight is 369 g/mol. The lowest BCUT2D eigenvalue weighted by atomic mass is 10.2. The molecule has 1 aromatic heterocycles. The van der Waals surface area contributed by atoms with Crippen molar-refractivity contribution >= 4 is 11.6 Å². The highest BCUT2D eigenvalue weighted by molar-refractivity contribution is 6.03. The van der Waals surface area contributed by atoms with E-state index in [0.717, 1.165) is 10.8 Å². The number of carbonyl (C=O) groups is 1. The number of nitrogens with zero attached hydrogens (tertiary/aromatic N) is 1.